The first kappa shape index (κ1) is 33.6. The molecule has 7 nitrogen and oxygen atoms in total. The van der Waals surface area contributed by atoms with E-state index in [0.717, 1.165) is 68.9 Å². The molecular formula is C33H55N3O4. The van der Waals surface area contributed by atoms with Gasteiger partial charge in [-0.2, -0.15) is 0 Å². The molecular weight excluding hydrogens is 502 g/mol. The van der Waals surface area contributed by atoms with Gasteiger partial charge >= 0.3 is 6.09 Å². The number of unbranched alkanes of at least 4 members (excludes halogenated alkanes) is 4. The number of ether oxygens (including phenoxy) is 1. The molecule has 1 aromatic carbocycles. The maximum atomic E-state index is 14.4. The minimum Gasteiger partial charge on any atom is -0.444 e. The lowest BCUT2D eigenvalue weighted by atomic mass is 9.93. The van der Waals surface area contributed by atoms with Crippen molar-refractivity contribution in [3.8, 4) is 0 Å². The van der Waals surface area contributed by atoms with E-state index in [2.05, 4.69) is 17.6 Å². The number of carbonyl (C=O) groups is 3. The molecule has 2 N–H and O–H groups in total. The van der Waals surface area contributed by atoms with Crippen molar-refractivity contribution in [2.45, 2.75) is 143 Å². The first-order chi connectivity index (χ1) is 18.9. The largest absolute Gasteiger partial charge is 0.444 e. The van der Waals surface area contributed by atoms with Gasteiger partial charge in [-0.1, -0.05) is 90.0 Å². The van der Waals surface area contributed by atoms with E-state index in [4.69, 9.17) is 4.74 Å². The van der Waals surface area contributed by atoms with Crippen LogP contribution < -0.4 is 10.6 Å². The van der Waals surface area contributed by atoms with Crippen LogP contribution in [-0.2, 0) is 14.3 Å². The zero-order valence-electron chi connectivity index (χ0n) is 26.2. The zero-order chi connectivity index (χ0) is 29.7. The zero-order valence-corrected chi connectivity index (χ0v) is 26.2. The third-order valence-electron chi connectivity index (χ3n) is 7.48. The van der Waals surface area contributed by atoms with Gasteiger partial charge in [0.1, 0.15) is 17.7 Å². The second-order valence-corrected chi connectivity index (χ2v) is 12.9. The Hall–Kier alpha value is -2.57. The monoisotopic (exact) mass is 557 g/mol. The second-order valence-electron chi connectivity index (χ2n) is 12.9. The summed E-state index contributed by atoms with van der Waals surface area (Å²) in [6, 6.07) is 6.40. The molecule has 1 fully saturated rings. The molecule has 226 valence electrons. The number of hydrogen-bond acceptors (Lipinski definition) is 4. The minimum absolute atomic E-state index is 0.126. The van der Waals surface area contributed by atoms with Crippen molar-refractivity contribution in [2.24, 2.45) is 5.92 Å². The molecule has 2 atom stereocenters. The maximum absolute atomic E-state index is 14.4. The van der Waals surface area contributed by atoms with Crippen LogP contribution in [0.3, 0.4) is 0 Å². The smallest absolute Gasteiger partial charge is 0.408 e. The average Bonchev–Trinajstić information content (AvgIpc) is 2.87. The van der Waals surface area contributed by atoms with Gasteiger partial charge in [-0.15, -0.1) is 0 Å². The molecule has 3 amide bonds. The van der Waals surface area contributed by atoms with E-state index >= 15 is 0 Å². The summed E-state index contributed by atoms with van der Waals surface area (Å²) >= 11 is 0. The summed E-state index contributed by atoms with van der Waals surface area (Å²) in [7, 11) is 0. The van der Waals surface area contributed by atoms with Crippen LogP contribution in [0.5, 0.6) is 0 Å². The Labute approximate surface area is 243 Å². The van der Waals surface area contributed by atoms with E-state index in [1.54, 1.807) is 25.7 Å². The van der Waals surface area contributed by atoms with E-state index in [-0.39, 0.29) is 23.8 Å². The molecule has 7 heteroatoms. The van der Waals surface area contributed by atoms with Gasteiger partial charge in [0.15, 0.2) is 0 Å². The Balaban J connectivity index is 2.46. The normalized spacial score (nSPS) is 15.8. The van der Waals surface area contributed by atoms with Crippen LogP contribution in [-0.4, -0.2) is 47.0 Å². The first-order valence-corrected chi connectivity index (χ1v) is 15.6. The van der Waals surface area contributed by atoms with Crippen LogP contribution in [0.2, 0.25) is 0 Å². The number of hydrogen-bond donors (Lipinski definition) is 2. The lowest BCUT2D eigenvalue weighted by Crippen LogP contribution is -2.54. The number of carbonyl (C=O) groups excluding carboxylic acids is 3. The minimum atomic E-state index is -0.792. The van der Waals surface area contributed by atoms with Crippen molar-refractivity contribution < 1.29 is 19.1 Å². The quantitative estimate of drug-likeness (QED) is 0.236. The summed E-state index contributed by atoms with van der Waals surface area (Å²) < 4.78 is 5.52. The first-order valence-electron chi connectivity index (χ1n) is 15.6. The number of amides is 3. The Kier molecular flexibility index (Phi) is 14.0. The predicted molar refractivity (Wildman–Crippen MR) is 162 cm³/mol. The molecule has 1 aromatic rings. The maximum Gasteiger partial charge on any atom is 0.408 e. The van der Waals surface area contributed by atoms with Gasteiger partial charge in [0.05, 0.1) is 0 Å². The predicted octanol–water partition coefficient (Wildman–Crippen LogP) is 7.22. The molecule has 1 aliphatic carbocycles. The van der Waals surface area contributed by atoms with E-state index in [1.807, 2.05) is 45.0 Å². The van der Waals surface area contributed by atoms with Crippen LogP contribution in [0.25, 0.3) is 0 Å². The lowest BCUT2D eigenvalue weighted by Gasteiger charge is -2.36. The van der Waals surface area contributed by atoms with Gasteiger partial charge in [0.2, 0.25) is 11.8 Å². The number of nitrogens with zero attached hydrogens (tertiary/aromatic N) is 1. The highest BCUT2D eigenvalue weighted by Gasteiger charge is 2.37. The molecule has 0 spiro atoms. The van der Waals surface area contributed by atoms with E-state index < -0.39 is 23.8 Å². The Morgan fingerprint density at radius 1 is 1.00 bits per heavy atom. The highest BCUT2D eigenvalue weighted by molar-refractivity contribution is 5.92. The lowest BCUT2D eigenvalue weighted by molar-refractivity contribution is -0.143. The molecule has 2 unspecified atom stereocenters. The van der Waals surface area contributed by atoms with E-state index in [0.29, 0.717) is 13.0 Å². The Morgan fingerprint density at radius 3 is 2.25 bits per heavy atom. The van der Waals surface area contributed by atoms with Gasteiger partial charge in [-0.25, -0.2) is 4.79 Å². The number of nitrogens with one attached hydrogen (secondary N) is 2. The molecule has 0 saturated heterocycles. The third-order valence-corrected chi connectivity index (χ3v) is 7.48. The van der Waals surface area contributed by atoms with Crippen molar-refractivity contribution in [1.82, 2.24) is 15.5 Å². The summed E-state index contributed by atoms with van der Waals surface area (Å²) in [5.41, 5.74) is 1.12. The second kappa shape index (κ2) is 16.6. The molecule has 0 aromatic heterocycles. The fourth-order valence-electron chi connectivity index (χ4n) is 5.47. The highest BCUT2D eigenvalue weighted by Crippen LogP contribution is 2.28. The standard InChI is InChI=1S/C33H55N3O4/c1-8-9-10-11-17-22-36(31(38)28(23-24(2)3)35-32(39)40-33(5,6)7)29(27-21-16-15-18-25(27)4)30(37)34-26-19-13-12-14-20-26/h15-16,18,21,24,26,28-29H,8-14,17,19-20,22-23H2,1-7H3,(H,34,37)(H,35,39). The summed E-state index contributed by atoms with van der Waals surface area (Å²) in [6.07, 6.45) is 10.3. The number of benzene rings is 1. The number of rotatable bonds is 14. The summed E-state index contributed by atoms with van der Waals surface area (Å²) in [4.78, 5) is 43.0. The van der Waals surface area contributed by atoms with Crippen molar-refractivity contribution in [2.75, 3.05) is 6.54 Å². The van der Waals surface area contributed by atoms with Crippen molar-refractivity contribution in [1.29, 1.82) is 0 Å². The van der Waals surface area contributed by atoms with Crippen LogP contribution in [0.15, 0.2) is 24.3 Å². The molecule has 1 saturated carbocycles. The van der Waals surface area contributed by atoms with E-state index in [1.165, 1.54) is 6.42 Å². The Morgan fingerprint density at radius 2 is 1.65 bits per heavy atom. The molecule has 0 radical (unpaired) electrons. The van der Waals surface area contributed by atoms with E-state index in [9.17, 15) is 14.4 Å². The fourth-order valence-corrected chi connectivity index (χ4v) is 5.47. The highest BCUT2D eigenvalue weighted by atomic mass is 16.6. The summed E-state index contributed by atoms with van der Waals surface area (Å²) in [6.45, 7) is 14.1. The summed E-state index contributed by atoms with van der Waals surface area (Å²) in [5.74, 6) is -0.214. The molecule has 0 bridgehead atoms. The fraction of sp³-hybridized carbons (Fsp3) is 0.727. The van der Waals surface area contributed by atoms with Crippen molar-refractivity contribution in [3.63, 3.8) is 0 Å². The van der Waals surface area contributed by atoms with Gasteiger partial charge in [-0.05, 0) is 70.4 Å². The average molecular weight is 558 g/mol. The van der Waals surface area contributed by atoms with Gasteiger partial charge in [0, 0.05) is 12.6 Å². The SMILES string of the molecule is CCCCCCCN(C(=O)C(CC(C)C)NC(=O)OC(C)(C)C)C(C(=O)NC1CCCCC1)c1ccccc1C. The van der Waals surface area contributed by atoms with Crippen molar-refractivity contribution in [3.05, 3.63) is 35.4 Å². The third kappa shape index (κ3) is 11.5. The number of alkyl carbamates (subject to hydrolysis) is 1. The van der Waals surface area contributed by atoms with Crippen molar-refractivity contribution >= 4 is 17.9 Å². The van der Waals surface area contributed by atoms with Crippen LogP contribution in [0.4, 0.5) is 4.79 Å². The van der Waals surface area contributed by atoms with Gasteiger partial charge in [0.25, 0.3) is 0 Å². The van der Waals surface area contributed by atoms with Crippen LogP contribution in [0, 0.1) is 12.8 Å². The summed E-state index contributed by atoms with van der Waals surface area (Å²) in [5, 5.41) is 6.15. The van der Waals surface area contributed by atoms with Crippen LogP contribution >= 0.6 is 0 Å². The molecule has 40 heavy (non-hydrogen) atoms. The van der Waals surface area contributed by atoms with Gasteiger partial charge < -0.3 is 20.3 Å². The van der Waals surface area contributed by atoms with Gasteiger partial charge in [-0.3, -0.25) is 9.59 Å². The van der Waals surface area contributed by atoms with Crippen LogP contribution in [0.1, 0.15) is 129 Å². The topological polar surface area (TPSA) is 87.7 Å². The number of aryl methyl sites for hydroxylation is 1. The molecule has 0 heterocycles. The molecule has 2 rings (SSSR count). The Bertz CT molecular complexity index is 934. The molecule has 0 aliphatic heterocycles. The molecule has 1 aliphatic rings.